The maximum Gasteiger partial charge on any atom is 0.255 e. The third-order valence-electron chi connectivity index (χ3n) is 5.13. The van der Waals surface area contributed by atoms with Gasteiger partial charge in [0.15, 0.2) is 11.5 Å². The molecule has 0 saturated heterocycles. The number of fused-ring (bicyclic) bond motifs is 3. The number of anilines is 1. The Balaban J connectivity index is 1.62. The predicted molar refractivity (Wildman–Crippen MR) is 122 cm³/mol. The molecule has 0 spiro atoms. The first kappa shape index (κ1) is 20.6. The fraction of sp³-hybridized carbons (Fsp3) is 0.240. The maximum atomic E-state index is 12.9. The smallest absolute Gasteiger partial charge is 0.255 e. The summed E-state index contributed by atoms with van der Waals surface area (Å²) < 4.78 is 22.6. The summed E-state index contributed by atoms with van der Waals surface area (Å²) in [5, 5.41) is 4.85. The quantitative estimate of drug-likeness (QED) is 0.353. The van der Waals surface area contributed by atoms with Crippen molar-refractivity contribution in [2.45, 2.75) is 19.8 Å². The number of para-hydroxylation sites is 1. The van der Waals surface area contributed by atoms with Crippen molar-refractivity contribution < 1.29 is 23.4 Å². The molecule has 160 valence electrons. The van der Waals surface area contributed by atoms with Crippen LogP contribution >= 0.6 is 0 Å². The van der Waals surface area contributed by atoms with Crippen molar-refractivity contribution in [1.29, 1.82) is 0 Å². The molecule has 4 rings (SSSR count). The average Bonchev–Trinajstić information content (AvgIpc) is 3.16. The molecule has 1 amide bonds. The highest BCUT2D eigenvalue weighted by Crippen LogP contribution is 2.37. The zero-order chi connectivity index (χ0) is 21.8. The SMILES string of the molecule is CCCCOc1ccc(C(=O)Nc2cc3oc4ccccc4c3cc2OC)cc1OC. The summed E-state index contributed by atoms with van der Waals surface area (Å²) in [6.45, 7) is 2.71. The highest BCUT2D eigenvalue weighted by molar-refractivity contribution is 6.10. The third-order valence-corrected chi connectivity index (χ3v) is 5.13. The summed E-state index contributed by atoms with van der Waals surface area (Å²) >= 11 is 0. The number of benzene rings is 3. The highest BCUT2D eigenvalue weighted by atomic mass is 16.5. The second kappa shape index (κ2) is 9.00. The van der Waals surface area contributed by atoms with Gasteiger partial charge in [0, 0.05) is 22.4 Å². The first-order chi connectivity index (χ1) is 15.1. The molecule has 0 unspecified atom stereocenters. The fourth-order valence-electron chi connectivity index (χ4n) is 3.47. The van der Waals surface area contributed by atoms with E-state index in [4.69, 9.17) is 18.6 Å². The monoisotopic (exact) mass is 419 g/mol. The number of unbranched alkanes of at least 4 members (excludes halogenated alkanes) is 1. The number of nitrogens with one attached hydrogen (secondary N) is 1. The van der Waals surface area contributed by atoms with Crippen LogP contribution in [0.1, 0.15) is 30.1 Å². The van der Waals surface area contributed by atoms with Crippen LogP contribution in [0.2, 0.25) is 0 Å². The van der Waals surface area contributed by atoms with Gasteiger partial charge in [0.1, 0.15) is 16.9 Å². The van der Waals surface area contributed by atoms with Crippen molar-refractivity contribution in [2.75, 3.05) is 26.1 Å². The molecule has 6 heteroatoms. The van der Waals surface area contributed by atoms with Crippen LogP contribution < -0.4 is 19.5 Å². The summed E-state index contributed by atoms with van der Waals surface area (Å²) in [5.74, 6) is 1.41. The van der Waals surface area contributed by atoms with Crippen LogP contribution in [0.25, 0.3) is 21.9 Å². The van der Waals surface area contributed by atoms with E-state index >= 15 is 0 Å². The zero-order valence-electron chi connectivity index (χ0n) is 17.9. The molecule has 1 heterocycles. The van der Waals surface area contributed by atoms with E-state index in [-0.39, 0.29) is 5.91 Å². The summed E-state index contributed by atoms with van der Waals surface area (Å²) in [4.78, 5) is 12.9. The van der Waals surface area contributed by atoms with Gasteiger partial charge in [0.2, 0.25) is 0 Å². The van der Waals surface area contributed by atoms with Crippen LogP contribution in [-0.4, -0.2) is 26.7 Å². The summed E-state index contributed by atoms with van der Waals surface area (Å²) in [7, 11) is 3.13. The van der Waals surface area contributed by atoms with E-state index < -0.39 is 0 Å². The largest absolute Gasteiger partial charge is 0.495 e. The fourth-order valence-corrected chi connectivity index (χ4v) is 3.47. The van der Waals surface area contributed by atoms with E-state index in [0.717, 1.165) is 29.2 Å². The van der Waals surface area contributed by atoms with Gasteiger partial charge in [-0.05, 0) is 36.8 Å². The molecule has 31 heavy (non-hydrogen) atoms. The van der Waals surface area contributed by atoms with Crippen molar-refractivity contribution in [1.82, 2.24) is 0 Å². The molecule has 0 aliphatic carbocycles. The molecule has 0 aliphatic heterocycles. The van der Waals surface area contributed by atoms with E-state index in [1.54, 1.807) is 38.5 Å². The molecule has 0 atom stereocenters. The zero-order valence-corrected chi connectivity index (χ0v) is 17.9. The molecule has 0 fully saturated rings. The minimum atomic E-state index is -0.285. The Morgan fingerprint density at radius 1 is 0.903 bits per heavy atom. The Kier molecular flexibility index (Phi) is 5.98. The van der Waals surface area contributed by atoms with Crippen LogP contribution in [-0.2, 0) is 0 Å². The van der Waals surface area contributed by atoms with Gasteiger partial charge < -0.3 is 23.9 Å². The van der Waals surface area contributed by atoms with Crippen molar-refractivity contribution in [2.24, 2.45) is 0 Å². The number of carbonyl (C=O) groups excluding carboxylic acids is 1. The van der Waals surface area contributed by atoms with Gasteiger partial charge in [-0.3, -0.25) is 4.79 Å². The molecule has 1 aromatic heterocycles. The van der Waals surface area contributed by atoms with Crippen LogP contribution in [0.3, 0.4) is 0 Å². The number of ether oxygens (including phenoxy) is 3. The summed E-state index contributed by atoms with van der Waals surface area (Å²) in [5.41, 5.74) is 2.44. The molecule has 0 saturated carbocycles. The lowest BCUT2D eigenvalue weighted by atomic mass is 10.1. The molecular formula is C25H25NO5. The van der Waals surface area contributed by atoms with Crippen molar-refractivity contribution in [3.8, 4) is 17.2 Å². The molecule has 0 bridgehead atoms. The maximum absolute atomic E-state index is 12.9. The number of furan rings is 1. The Morgan fingerprint density at radius 2 is 1.71 bits per heavy atom. The molecule has 3 aromatic carbocycles. The molecule has 0 aliphatic rings. The lowest BCUT2D eigenvalue weighted by Gasteiger charge is -2.13. The van der Waals surface area contributed by atoms with E-state index in [0.29, 0.717) is 40.7 Å². The third kappa shape index (κ3) is 4.14. The van der Waals surface area contributed by atoms with Crippen molar-refractivity contribution in [3.63, 3.8) is 0 Å². The number of amides is 1. The van der Waals surface area contributed by atoms with Crippen LogP contribution in [0.4, 0.5) is 5.69 Å². The summed E-state index contributed by atoms with van der Waals surface area (Å²) in [6.07, 6.45) is 2.00. The second-order valence-electron chi connectivity index (χ2n) is 7.17. The average molecular weight is 419 g/mol. The molecule has 6 nitrogen and oxygen atoms in total. The lowest BCUT2D eigenvalue weighted by Crippen LogP contribution is -2.13. The highest BCUT2D eigenvalue weighted by Gasteiger charge is 2.16. The Hall–Kier alpha value is -3.67. The van der Waals surface area contributed by atoms with Gasteiger partial charge in [-0.15, -0.1) is 0 Å². The second-order valence-corrected chi connectivity index (χ2v) is 7.17. The predicted octanol–water partition coefficient (Wildman–Crippen LogP) is 6.03. The van der Waals surface area contributed by atoms with Gasteiger partial charge >= 0.3 is 0 Å². The van der Waals surface area contributed by atoms with Gasteiger partial charge in [-0.2, -0.15) is 0 Å². The number of carbonyl (C=O) groups is 1. The van der Waals surface area contributed by atoms with Crippen LogP contribution in [0.5, 0.6) is 17.2 Å². The minimum absolute atomic E-state index is 0.285. The first-order valence-electron chi connectivity index (χ1n) is 10.3. The Morgan fingerprint density at radius 3 is 2.48 bits per heavy atom. The van der Waals surface area contributed by atoms with Gasteiger partial charge in [-0.1, -0.05) is 31.5 Å². The van der Waals surface area contributed by atoms with Crippen molar-refractivity contribution >= 4 is 33.5 Å². The Bertz CT molecular complexity index is 1230. The molecule has 0 radical (unpaired) electrons. The minimum Gasteiger partial charge on any atom is -0.495 e. The number of methoxy groups -OCH3 is 2. The van der Waals surface area contributed by atoms with E-state index in [2.05, 4.69) is 12.2 Å². The van der Waals surface area contributed by atoms with Crippen molar-refractivity contribution in [3.05, 3.63) is 60.2 Å². The van der Waals surface area contributed by atoms with Gasteiger partial charge in [0.05, 0.1) is 26.5 Å². The van der Waals surface area contributed by atoms with Crippen LogP contribution in [0.15, 0.2) is 59.0 Å². The first-order valence-corrected chi connectivity index (χ1v) is 10.3. The standard InChI is InChI=1S/C25H25NO5/c1-4-5-12-30-21-11-10-16(13-24(21)29-3)25(27)26-19-15-22-18(14-23(19)28-2)17-8-6-7-9-20(17)31-22/h6-11,13-15H,4-5,12H2,1-3H3,(H,26,27). The normalized spacial score (nSPS) is 10.9. The Labute approximate surface area is 180 Å². The van der Waals surface area contributed by atoms with E-state index in [1.165, 1.54) is 0 Å². The van der Waals surface area contributed by atoms with Gasteiger partial charge in [0.25, 0.3) is 5.91 Å². The summed E-state index contributed by atoms with van der Waals surface area (Å²) in [6, 6.07) is 16.6. The van der Waals surface area contributed by atoms with Gasteiger partial charge in [-0.25, -0.2) is 0 Å². The van der Waals surface area contributed by atoms with Crippen LogP contribution in [0, 0.1) is 0 Å². The molecule has 4 aromatic rings. The number of rotatable bonds is 8. The molecule has 1 N–H and O–H groups in total. The number of hydrogen-bond donors (Lipinski definition) is 1. The molecular weight excluding hydrogens is 394 g/mol. The lowest BCUT2D eigenvalue weighted by molar-refractivity contribution is 0.102. The van der Waals surface area contributed by atoms with E-state index in [1.807, 2.05) is 30.3 Å². The number of hydrogen-bond acceptors (Lipinski definition) is 5. The topological polar surface area (TPSA) is 69.9 Å². The van der Waals surface area contributed by atoms with E-state index in [9.17, 15) is 4.79 Å².